The lowest BCUT2D eigenvalue weighted by Gasteiger charge is -2.30. The van der Waals surface area contributed by atoms with Crippen molar-refractivity contribution in [1.82, 2.24) is 10.2 Å². The predicted molar refractivity (Wildman–Crippen MR) is 106 cm³/mol. The average molecular weight is 364 g/mol. The summed E-state index contributed by atoms with van der Waals surface area (Å²) in [7, 11) is 1.38. The molecule has 2 rings (SSSR count). The minimum absolute atomic E-state index is 0.349. The lowest BCUT2D eigenvalue weighted by atomic mass is 10.0. The molecule has 1 aromatic rings. The first-order valence-electron chi connectivity index (χ1n) is 8.95. The fraction of sp³-hybridized carbons (Fsp3) is 0.579. The topological polar surface area (TPSA) is 53.6 Å². The molecular weight excluding hydrogens is 334 g/mol. The molecule has 2 N–H and O–H groups in total. The monoisotopic (exact) mass is 363 g/mol. The van der Waals surface area contributed by atoms with Crippen LogP contribution in [0.2, 0.25) is 0 Å². The quantitative estimate of drug-likeness (QED) is 0.460. The van der Waals surface area contributed by atoms with Crippen LogP contribution in [-0.2, 0) is 4.74 Å². The summed E-state index contributed by atoms with van der Waals surface area (Å²) in [6, 6.07) is 5.40. The van der Waals surface area contributed by atoms with Gasteiger partial charge in [0.05, 0.1) is 12.7 Å². The Hall–Kier alpha value is -1.66. The third kappa shape index (κ3) is 6.29. The van der Waals surface area contributed by atoms with Crippen molar-refractivity contribution < 1.29 is 9.53 Å². The predicted octanol–water partition coefficient (Wildman–Crippen LogP) is 3.19. The highest BCUT2D eigenvalue weighted by Gasteiger charge is 2.15. The number of aryl methyl sites for hydroxylation is 1. The number of hydrogen-bond donors (Lipinski definition) is 2. The van der Waals surface area contributed by atoms with E-state index in [-0.39, 0.29) is 5.97 Å². The number of carbonyl (C=O) groups excluding carboxylic acids is 1. The summed E-state index contributed by atoms with van der Waals surface area (Å²) >= 11 is 5.37. The Morgan fingerprint density at radius 3 is 2.96 bits per heavy atom. The number of rotatable bonds is 6. The van der Waals surface area contributed by atoms with Crippen LogP contribution in [0.15, 0.2) is 18.2 Å². The van der Waals surface area contributed by atoms with E-state index in [1.54, 1.807) is 12.1 Å². The number of thiocarbonyl (C=S) groups is 1. The summed E-state index contributed by atoms with van der Waals surface area (Å²) in [6.45, 7) is 8.68. The Morgan fingerprint density at radius 1 is 1.44 bits per heavy atom. The molecule has 0 aromatic heterocycles. The molecule has 0 spiro atoms. The summed E-state index contributed by atoms with van der Waals surface area (Å²) in [6.07, 6.45) is 3.73. The van der Waals surface area contributed by atoms with Crippen LogP contribution in [0.25, 0.3) is 0 Å². The maximum absolute atomic E-state index is 11.6. The van der Waals surface area contributed by atoms with Crippen molar-refractivity contribution in [1.29, 1.82) is 0 Å². The highest BCUT2D eigenvalue weighted by atomic mass is 32.1. The van der Waals surface area contributed by atoms with Gasteiger partial charge in [0.1, 0.15) is 0 Å². The molecular formula is C19H29N3O2S. The third-order valence-electron chi connectivity index (χ3n) is 4.58. The lowest BCUT2D eigenvalue weighted by molar-refractivity contribution is 0.0601. The molecule has 5 nitrogen and oxygen atoms in total. The van der Waals surface area contributed by atoms with E-state index >= 15 is 0 Å². The Balaban J connectivity index is 1.75. The van der Waals surface area contributed by atoms with Gasteiger partial charge in [0.15, 0.2) is 5.11 Å². The number of hydrogen-bond acceptors (Lipinski definition) is 4. The zero-order chi connectivity index (χ0) is 18.2. The van der Waals surface area contributed by atoms with Crippen LogP contribution in [-0.4, -0.2) is 49.3 Å². The first-order chi connectivity index (χ1) is 12.0. The molecule has 1 aliphatic rings. The normalized spacial score (nSPS) is 17.8. The highest BCUT2D eigenvalue weighted by molar-refractivity contribution is 7.80. The average Bonchev–Trinajstić information content (AvgIpc) is 2.60. The third-order valence-corrected chi connectivity index (χ3v) is 4.83. The zero-order valence-electron chi connectivity index (χ0n) is 15.4. The molecule has 1 atom stereocenters. The number of carbonyl (C=O) groups is 1. The minimum Gasteiger partial charge on any atom is -0.465 e. The van der Waals surface area contributed by atoms with Gasteiger partial charge in [-0.3, -0.25) is 0 Å². The Labute approximate surface area is 156 Å². The van der Waals surface area contributed by atoms with Crippen LogP contribution < -0.4 is 10.6 Å². The number of nitrogens with zero attached hydrogens (tertiary/aromatic N) is 1. The fourth-order valence-electron chi connectivity index (χ4n) is 3.16. The molecule has 0 amide bonds. The maximum Gasteiger partial charge on any atom is 0.337 e. The van der Waals surface area contributed by atoms with Crippen LogP contribution in [0.3, 0.4) is 0 Å². The van der Waals surface area contributed by atoms with Gasteiger partial charge in [-0.15, -0.1) is 0 Å². The Bertz CT molecular complexity index is 606. The standard InChI is InChI=1S/C19H29N3O2S/c1-14-6-4-10-22(13-14)11-5-9-20-19(25)21-17-12-16(18(23)24-3)8-7-15(17)2/h7-8,12,14H,4-6,9-11,13H2,1-3H3,(H2,20,21,25). The number of likely N-dealkylation sites (tertiary alicyclic amines) is 1. The molecule has 1 saturated heterocycles. The van der Waals surface area contributed by atoms with Gasteiger partial charge in [-0.1, -0.05) is 13.0 Å². The van der Waals surface area contributed by atoms with Crippen molar-refractivity contribution in [3.05, 3.63) is 29.3 Å². The molecule has 1 fully saturated rings. The van der Waals surface area contributed by atoms with Crippen LogP contribution in [0.4, 0.5) is 5.69 Å². The molecule has 1 heterocycles. The van der Waals surface area contributed by atoms with Crippen molar-refractivity contribution in [3.8, 4) is 0 Å². The minimum atomic E-state index is -0.349. The number of nitrogens with one attached hydrogen (secondary N) is 2. The van der Waals surface area contributed by atoms with Crippen molar-refractivity contribution in [2.24, 2.45) is 5.92 Å². The summed E-state index contributed by atoms with van der Waals surface area (Å²) in [4.78, 5) is 14.2. The Kier molecular flexibility index (Phi) is 7.65. The second-order valence-corrected chi connectivity index (χ2v) is 7.21. The SMILES string of the molecule is COC(=O)c1ccc(C)c(NC(=S)NCCCN2CCCC(C)C2)c1. The first-order valence-corrected chi connectivity index (χ1v) is 9.36. The summed E-state index contributed by atoms with van der Waals surface area (Å²) < 4.78 is 4.76. The van der Waals surface area contributed by atoms with Crippen molar-refractivity contribution >= 4 is 29.0 Å². The maximum atomic E-state index is 11.6. The zero-order valence-corrected chi connectivity index (χ0v) is 16.2. The van der Waals surface area contributed by atoms with Gasteiger partial charge < -0.3 is 20.3 Å². The number of piperidine rings is 1. The van der Waals surface area contributed by atoms with E-state index in [1.165, 1.54) is 33.0 Å². The van der Waals surface area contributed by atoms with Crippen LogP contribution in [0.1, 0.15) is 42.1 Å². The molecule has 1 aromatic carbocycles. The molecule has 0 radical (unpaired) electrons. The van der Waals surface area contributed by atoms with E-state index in [1.807, 2.05) is 13.0 Å². The van der Waals surface area contributed by atoms with Crippen molar-refractivity contribution in [2.75, 3.05) is 38.6 Å². The summed E-state index contributed by atoms with van der Waals surface area (Å²) in [5.41, 5.74) is 2.36. The van der Waals surface area contributed by atoms with Gasteiger partial charge in [-0.25, -0.2) is 4.79 Å². The molecule has 0 aliphatic carbocycles. The molecule has 0 saturated carbocycles. The summed E-state index contributed by atoms with van der Waals surface area (Å²) in [5.74, 6) is 0.465. The van der Waals surface area contributed by atoms with Crippen LogP contribution >= 0.6 is 12.2 Å². The highest BCUT2D eigenvalue weighted by Crippen LogP contribution is 2.18. The van der Waals surface area contributed by atoms with Gasteiger partial charge in [-0.2, -0.15) is 0 Å². The van der Waals surface area contributed by atoms with Gasteiger partial charge in [-0.05, 0) is 75.1 Å². The molecule has 1 aliphatic heterocycles. The van der Waals surface area contributed by atoms with Crippen LogP contribution in [0.5, 0.6) is 0 Å². The van der Waals surface area contributed by atoms with E-state index in [2.05, 4.69) is 22.5 Å². The van der Waals surface area contributed by atoms with E-state index in [9.17, 15) is 4.79 Å². The van der Waals surface area contributed by atoms with Gasteiger partial charge >= 0.3 is 5.97 Å². The number of esters is 1. The fourth-order valence-corrected chi connectivity index (χ4v) is 3.37. The molecule has 138 valence electrons. The number of methoxy groups -OCH3 is 1. The number of benzene rings is 1. The van der Waals surface area contributed by atoms with E-state index in [0.717, 1.165) is 36.7 Å². The van der Waals surface area contributed by atoms with E-state index in [0.29, 0.717) is 10.7 Å². The second-order valence-electron chi connectivity index (χ2n) is 6.80. The largest absolute Gasteiger partial charge is 0.465 e. The molecule has 6 heteroatoms. The van der Waals surface area contributed by atoms with Gasteiger partial charge in [0.25, 0.3) is 0 Å². The Morgan fingerprint density at radius 2 is 2.24 bits per heavy atom. The van der Waals surface area contributed by atoms with Gasteiger partial charge in [0, 0.05) is 18.8 Å². The van der Waals surface area contributed by atoms with E-state index in [4.69, 9.17) is 17.0 Å². The first kappa shape index (κ1) is 19.7. The number of ether oxygens (including phenoxy) is 1. The van der Waals surface area contributed by atoms with E-state index < -0.39 is 0 Å². The molecule has 25 heavy (non-hydrogen) atoms. The lowest BCUT2D eigenvalue weighted by Crippen LogP contribution is -2.37. The summed E-state index contributed by atoms with van der Waals surface area (Å²) in [5, 5.41) is 7.00. The second kappa shape index (κ2) is 9.73. The van der Waals surface area contributed by atoms with Crippen molar-refractivity contribution in [3.63, 3.8) is 0 Å². The van der Waals surface area contributed by atoms with Crippen molar-refractivity contribution in [2.45, 2.75) is 33.1 Å². The smallest absolute Gasteiger partial charge is 0.337 e. The molecule has 1 unspecified atom stereocenters. The van der Waals surface area contributed by atoms with Crippen LogP contribution in [0, 0.1) is 12.8 Å². The van der Waals surface area contributed by atoms with Gasteiger partial charge in [0.2, 0.25) is 0 Å². The molecule has 0 bridgehead atoms. The number of anilines is 1.